The Labute approximate surface area is 91.4 Å². The Morgan fingerprint density at radius 1 is 1.47 bits per heavy atom. The maximum atomic E-state index is 10.5. The molecule has 0 atom stereocenters. The molecule has 6 nitrogen and oxygen atoms in total. The number of hydrogen-bond acceptors (Lipinski definition) is 3. The van der Waals surface area contributed by atoms with Gasteiger partial charge < -0.3 is 19.9 Å². The topological polar surface area (TPSA) is 90.8 Å². The fourth-order valence-electron chi connectivity index (χ4n) is 0.860. The summed E-state index contributed by atoms with van der Waals surface area (Å²) < 4.78 is 15.4. The second-order valence-corrected chi connectivity index (χ2v) is 4.35. The highest BCUT2D eigenvalue weighted by Gasteiger charge is 2.12. The van der Waals surface area contributed by atoms with E-state index >= 15 is 0 Å². The molecule has 0 saturated heterocycles. The molecule has 0 aliphatic rings. The molecular weight excluding hydrogens is 243 g/mol. The molecule has 0 fully saturated rings. The normalized spacial score (nSPS) is 11.2. The smallest absolute Gasteiger partial charge is 0.417 e. The van der Waals surface area contributed by atoms with Crippen LogP contribution in [0.2, 0.25) is 5.02 Å². The van der Waals surface area contributed by atoms with Gasteiger partial charge in [0.05, 0.1) is 17.8 Å². The first-order valence-electron chi connectivity index (χ1n) is 3.85. The van der Waals surface area contributed by atoms with Crippen molar-refractivity contribution >= 4 is 25.0 Å². The third-order valence-electron chi connectivity index (χ3n) is 1.51. The summed E-state index contributed by atoms with van der Waals surface area (Å²) in [6.07, 6.45) is 0. The van der Waals surface area contributed by atoms with Crippen molar-refractivity contribution in [2.24, 2.45) is 0 Å². The highest BCUT2D eigenvalue weighted by Crippen LogP contribution is 2.31. The van der Waals surface area contributed by atoms with E-state index in [1.807, 2.05) is 0 Å². The van der Waals surface area contributed by atoms with Gasteiger partial charge in [0.1, 0.15) is 5.75 Å². The molecule has 0 aromatic heterocycles. The molecule has 1 aromatic carbocycles. The lowest BCUT2D eigenvalue weighted by atomic mass is 10.3. The van der Waals surface area contributed by atoms with Crippen LogP contribution in [0.4, 0.5) is 5.69 Å². The van der Waals surface area contributed by atoms with Gasteiger partial charge >= 0.3 is 7.75 Å². The molecule has 0 amide bonds. The fraction of sp³-hybridized carbons (Fsp3) is 0.143. The molecule has 0 radical (unpaired) electrons. The lowest BCUT2D eigenvalue weighted by molar-refractivity contribution is 0.362. The molecule has 4 N–H and O–H groups in total. The second kappa shape index (κ2) is 4.83. The molecular formula is C7H10ClN2O4P. The zero-order valence-corrected chi connectivity index (χ0v) is 9.42. The number of ether oxygens (including phenoxy) is 1. The van der Waals surface area contributed by atoms with Gasteiger partial charge in [-0.2, -0.15) is 0 Å². The molecule has 0 spiro atoms. The van der Waals surface area contributed by atoms with Crippen molar-refractivity contribution in [1.82, 2.24) is 5.20 Å². The van der Waals surface area contributed by atoms with Crippen LogP contribution in [0.25, 0.3) is 0 Å². The quantitative estimate of drug-likeness (QED) is 0.478. The van der Waals surface area contributed by atoms with E-state index in [2.05, 4.69) is 5.43 Å². The van der Waals surface area contributed by atoms with Crippen molar-refractivity contribution in [3.05, 3.63) is 23.2 Å². The largest absolute Gasteiger partial charge is 0.497 e. The number of benzene rings is 1. The zero-order valence-electron chi connectivity index (χ0n) is 7.77. The fourth-order valence-corrected chi connectivity index (χ4v) is 1.29. The molecule has 0 heterocycles. The van der Waals surface area contributed by atoms with Crippen molar-refractivity contribution in [3.8, 4) is 5.75 Å². The minimum absolute atomic E-state index is 0.316. The Morgan fingerprint density at radius 2 is 2.13 bits per heavy atom. The SMILES string of the molecule is COc1ccc(Cl)c(NNP(=O)(O)O)c1. The van der Waals surface area contributed by atoms with Crippen LogP contribution in [0.15, 0.2) is 18.2 Å². The lowest BCUT2D eigenvalue weighted by Gasteiger charge is -2.11. The molecule has 0 saturated carbocycles. The first kappa shape index (κ1) is 12.3. The standard InChI is InChI=1S/C7H10ClN2O4P/c1-14-5-2-3-6(8)7(4-5)9-10-15(11,12)13/h2-4,9H,1H3,(H3,10,11,12,13). The predicted molar refractivity (Wildman–Crippen MR) is 56.8 cm³/mol. The second-order valence-electron chi connectivity index (χ2n) is 2.63. The minimum Gasteiger partial charge on any atom is -0.497 e. The maximum Gasteiger partial charge on any atom is 0.417 e. The van der Waals surface area contributed by atoms with E-state index in [9.17, 15) is 4.57 Å². The molecule has 84 valence electrons. The molecule has 0 aliphatic carbocycles. The van der Waals surface area contributed by atoms with Crippen LogP contribution in [-0.4, -0.2) is 16.9 Å². The summed E-state index contributed by atoms with van der Waals surface area (Å²) in [7, 11) is -2.86. The van der Waals surface area contributed by atoms with Gasteiger partial charge in [0, 0.05) is 6.07 Å². The molecule has 0 bridgehead atoms. The monoisotopic (exact) mass is 252 g/mol. The summed E-state index contributed by atoms with van der Waals surface area (Å²) in [5.41, 5.74) is 2.62. The average Bonchev–Trinajstić information content (AvgIpc) is 2.15. The molecule has 0 aliphatic heterocycles. The molecule has 1 rings (SSSR count). The minimum atomic E-state index is -4.34. The lowest BCUT2D eigenvalue weighted by Crippen LogP contribution is -2.17. The molecule has 8 heteroatoms. The van der Waals surface area contributed by atoms with Gasteiger partial charge in [-0.1, -0.05) is 11.6 Å². The van der Waals surface area contributed by atoms with E-state index in [4.69, 9.17) is 26.1 Å². The van der Waals surface area contributed by atoms with Crippen LogP contribution in [0.3, 0.4) is 0 Å². The van der Waals surface area contributed by atoms with Crippen molar-refractivity contribution < 1.29 is 19.1 Å². The number of anilines is 1. The van der Waals surface area contributed by atoms with Gasteiger partial charge in [-0.15, -0.1) is 5.20 Å². The van der Waals surface area contributed by atoms with E-state index in [-0.39, 0.29) is 0 Å². The third-order valence-corrected chi connectivity index (χ3v) is 2.24. The van der Waals surface area contributed by atoms with E-state index in [1.165, 1.54) is 13.2 Å². The zero-order chi connectivity index (χ0) is 11.5. The van der Waals surface area contributed by atoms with Crippen LogP contribution in [0.1, 0.15) is 0 Å². The molecule has 0 unspecified atom stereocenters. The Hall–Kier alpha value is -0.780. The van der Waals surface area contributed by atoms with Crippen molar-refractivity contribution in [3.63, 3.8) is 0 Å². The van der Waals surface area contributed by atoms with E-state index < -0.39 is 7.75 Å². The molecule has 15 heavy (non-hydrogen) atoms. The van der Waals surface area contributed by atoms with Gasteiger partial charge in [-0.05, 0) is 12.1 Å². The van der Waals surface area contributed by atoms with E-state index in [0.29, 0.717) is 16.5 Å². The Kier molecular flexibility index (Phi) is 3.96. The summed E-state index contributed by atoms with van der Waals surface area (Å²) in [5.74, 6) is 0.523. The summed E-state index contributed by atoms with van der Waals surface area (Å²) in [5, 5.41) is 2.12. The van der Waals surface area contributed by atoms with Crippen molar-refractivity contribution in [2.45, 2.75) is 0 Å². The maximum absolute atomic E-state index is 10.5. The highest BCUT2D eigenvalue weighted by molar-refractivity contribution is 7.49. The Morgan fingerprint density at radius 3 is 2.67 bits per heavy atom. The first-order valence-corrected chi connectivity index (χ1v) is 5.84. The predicted octanol–water partition coefficient (Wildman–Crippen LogP) is 1.36. The summed E-state index contributed by atoms with van der Waals surface area (Å²) in [4.78, 5) is 17.1. The average molecular weight is 253 g/mol. The van der Waals surface area contributed by atoms with E-state index in [0.717, 1.165) is 0 Å². The van der Waals surface area contributed by atoms with Crippen LogP contribution in [-0.2, 0) is 4.57 Å². The van der Waals surface area contributed by atoms with Gasteiger partial charge in [0.2, 0.25) is 0 Å². The number of nitrogens with one attached hydrogen (secondary N) is 2. The van der Waals surface area contributed by atoms with Crippen molar-refractivity contribution in [2.75, 3.05) is 12.5 Å². The number of methoxy groups -OCH3 is 1. The number of hydrogen-bond donors (Lipinski definition) is 4. The van der Waals surface area contributed by atoms with Crippen LogP contribution in [0, 0.1) is 0 Å². The highest BCUT2D eigenvalue weighted by atomic mass is 35.5. The Bertz CT molecular complexity index is 395. The number of hydrazine groups is 1. The van der Waals surface area contributed by atoms with Crippen molar-refractivity contribution in [1.29, 1.82) is 0 Å². The number of halogens is 1. The van der Waals surface area contributed by atoms with Gasteiger partial charge in [0.15, 0.2) is 0 Å². The van der Waals surface area contributed by atoms with E-state index in [1.54, 1.807) is 17.3 Å². The third kappa shape index (κ3) is 4.07. The summed E-state index contributed by atoms with van der Waals surface area (Å²) in [6, 6.07) is 4.68. The first-order chi connectivity index (χ1) is 6.92. The summed E-state index contributed by atoms with van der Waals surface area (Å²) in [6.45, 7) is 0. The van der Waals surface area contributed by atoms with Crippen LogP contribution in [0.5, 0.6) is 5.75 Å². The van der Waals surface area contributed by atoms with Gasteiger partial charge in [-0.3, -0.25) is 0 Å². The molecule has 1 aromatic rings. The van der Waals surface area contributed by atoms with Gasteiger partial charge in [-0.25, -0.2) is 4.57 Å². The number of rotatable bonds is 4. The Balaban J connectivity index is 2.80. The van der Waals surface area contributed by atoms with Crippen LogP contribution < -0.4 is 15.4 Å². The summed E-state index contributed by atoms with van der Waals surface area (Å²) >= 11 is 5.77. The van der Waals surface area contributed by atoms with Gasteiger partial charge in [0.25, 0.3) is 0 Å². The van der Waals surface area contributed by atoms with Crippen LogP contribution >= 0.6 is 19.3 Å².